The number of rotatable bonds is 8. The van der Waals surface area contributed by atoms with E-state index in [2.05, 4.69) is 10.6 Å². The van der Waals surface area contributed by atoms with Gasteiger partial charge in [0.05, 0.1) is 5.56 Å². The SMILES string of the molecule is O=C(C=Cc1ccc2c(c1)OCO2)NC(Cc1ccccc1)C(=O)Nc1ccc(C(=O)O)cc1. The standard InChI is InChI=1S/C26H22N2O6/c29-24(13-7-18-6-12-22-23(15-18)34-16-33-22)28-21(14-17-4-2-1-3-5-17)25(30)27-20-10-8-19(9-11-20)26(31)32/h1-13,15,21H,14,16H2,(H,27,30)(H,28,29)(H,31,32). The highest BCUT2D eigenvalue weighted by Gasteiger charge is 2.21. The van der Waals surface area contributed by atoms with Crippen LogP contribution >= 0.6 is 0 Å². The molecule has 0 fully saturated rings. The van der Waals surface area contributed by atoms with Gasteiger partial charge >= 0.3 is 5.97 Å². The maximum Gasteiger partial charge on any atom is 0.335 e. The normalized spacial score (nSPS) is 12.8. The first kappa shape index (κ1) is 22.6. The molecule has 0 radical (unpaired) electrons. The van der Waals surface area contributed by atoms with Gasteiger partial charge in [-0.25, -0.2) is 4.79 Å². The number of carboxylic acids is 1. The van der Waals surface area contributed by atoms with E-state index in [0.717, 1.165) is 11.1 Å². The Hall–Kier alpha value is -4.59. The molecule has 1 unspecified atom stereocenters. The number of ether oxygens (including phenoxy) is 2. The van der Waals surface area contributed by atoms with Crippen LogP contribution in [-0.4, -0.2) is 35.7 Å². The van der Waals surface area contributed by atoms with Crippen LogP contribution < -0.4 is 20.1 Å². The number of carbonyl (C=O) groups excluding carboxylic acids is 2. The lowest BCUT2D eigenvalue weighted by atomic mass is 10.0. The molecule has 1 atom stereocenters. The zero-order chi connectivity index (χ0) is 23.9. The average molecular weight is 458 g/mol. The smallest absolute Gasteiger partial charge is 0.335 e. The Balaban J connectivity index is 1.45. The Morgan fingerprint density at radius 3 is 2.41 bits per heavy atom. The fraction of sp³-hybridized carbons (Fsp3) is 0.115. The van der Waals surface area contributed by atoms with E-state index in [9.17, 15) is 14.4 Å². The van der Waals surface area contributed by atoms with E-state index in [0.29, 0.717) is 17.2 Å². The van der Waals surface area contributed by atoms with Gasteiger partial charge in [0.2, 0.25) is 18.6 Å². The molecule has 1 aliphatic rings. The Bertz CT molecular complexity index is 1220. The van der Waals surface area contributed by atoms with Gasteiger partial charge in [0.15, 0.2) is 11.5 Å². The fourth-order valence-electron chi connectivity index (χ4n) is 3.39. The van der Waals surface area contributed by atoms with E-state index in [1.807, 2.05) is 30.3 Å². The van der Waals surface area contributed by atoms with Crippen LogP contribution in [0.2, 0.25) is 0 Å². The molecule has 2 amide bonds. The highest BCUT2D eigenvalue weighted by atomic mass is 16.7. The summed E-state index contributed by atoms with van der Waals surface area (Å²) in [7, 11) is 0. The summed E-state index contributed by atoms with van der Waals surface area (Å²) in [6, 6.07) is 19.6. The number of benzene rings is 3. The third-order valence-corrected chi connectivity index (χ3v) is 5.14. The zero-order valence-corrected chi connectivity index (χ0v) is 18.1. The minimum Gasteiger partial charge on any atom is -0.478 e. The van der Waals surface area contributed by atoms with E-state index in [-0.39, 0.29) is 18.8 Å². The first-order chi connectivity index (χ1) is 16.5. The van der Waals surface area contributed by atoms with Crippen molar-refractivity contribution >= 4 is 29.5 Å². The molecular weight excluding hydrogens is 436 g/mol. The van der Waals surface area contributed by atoms with E-state index < -0.39 is 23.8 Å². The second-order valence-corrected chi connectivity index (χ2v) is 7.57. The summed E-state index contributed by atoms with van der Waals surface area (Å²) < 4.78 is 10.6. The topological polar surface area (TPSA) is 114 Å². The molecule has 0 aromatic heterocycles. The quantitative estimate of drug-likeness (QED) is 0.445. The number of aromatic carboxylic acids is 1. The van der Waals surface area contributed by atoms with Gasteiger partial charge in [-0.2, -0.15) is 0 Å². The molecule has 3 aromatic carbocycles. The van der Waals surface area contributed by atoms with Crippen LogP contribution in [0, 0.1) is 0 Å². The van der Waals surface area contributed by atoms with Crippen LogP contribution in [0.1, 0.15) is 21.5 Å². The Labute approximate surface area is 195 Å². The van der Waals surface area contributed by atoms with E-state index in [4.69, 9.17) is 14.6 Å². The van der Waals surface area contributed by atoms with Crippen molar-refractivity contribution in [3.63, 3.8) is 0 Å². The predicted octanol–water partition coefficient (Wildman–Crippen LogP) is 3.49. The van der Waals surface area contributed by atoms with Gasteiger partial charge in [0, 0.05) is 18.2 Å². The second kappa shape index (κ2) is 10.4. The van der Waals surface area contributed by atoms with Crippen molar-refractivity contribution in [1.29, 1.82) is 0 Å². The first-order valence-electron chi connectivity index (χ1n) is 10.5. The first-order valence-corrected chi connectivity index (χ1v) is 10.5. The van der Waals surface area contributed by atoms with E-state index in [1.165, 1.54) is 30.3 Å². The van der Waals surface area contributed by atoms with Crippen LogP contribution in [0.3, 0.4) is 0 Å². The monoisotopic (exact) mass is 458 g/mol. The highest BCUT2D eigenvalue weighted by molar-refractivity contribution is 6.00. The number of anilines is 1. The number of nitrogens with one attached hydrogen (secondary N) is 2. The maximum absolute atomic E-state index is 13.0. The molecule has 3 N–H and O–H groups in total. The molecule has 34 heavy (non-hydrogen) atoms. The minimum atomic E-state index is -1.05. The van der Waals surface area contributed by atoms with Crippen molar-refractivity contribution in [3.8, 4) is 11.5 Å². The number of hydrogen-bond donors (Lipinski definition) is 3. The van der Waals surface area contributed by atoms with Crippen molar-refractivity contribution in [2.75, 3.05) is 12.1 Å². The van der Waals surface area contributed by atoms with Crippen molar-refractivity contribution in [2.24, 2.45) is 0 Å². The molecule has 0 bridgehead atoms. The Morgan fingerprint density at radius 2 is 1.68 bits per heavy atom. The van der Waals surface area contributed by atoms with Crippen molar-refractivity contribution in [1.82, 2.24) is 5.32 Å². The number of amides is 2. The van der Waals surface area contributed by atoms with E-state index >= 15 is 0 Å². The molecule has 4 rings (SSSR count). The number of hydrogen-bond acceptors (Lipinski definition) is 5. The average Bonchev–Trinajstić information content (AvgIpc) is 3.31. The van der Waals surface area contributed by atoms with Gasteiger partial charge in [-0.15, -0.1) is 0 Å². The summed E-state index contributed by atoms with van der Waals surface area (Å²) >= 11 is 0. The fourth-order valence-corrected chi connectivity index (χ4v) is 3.39. The Morgan fingerprint density at radius 1 is 0.941 bits per heavy atom. The van der Waals surface area contributed by atoms with Gasteiger partial charge in [0.25, 0.3) is 0 Å². The molecule has 0 saturated carbocycles. The van der Waals surface area contributed by atoms with Crippen LogP contribution in [0.15, 0.2) is 78.9 Å². The zero-order valence-electron chi connectivity index (χ0n) is 18.1. The van der Waals surface area contributed by atoms with Crippen LogP contribution in [0.5, 0.6) is 11.5 Å². The number of carbonyl (C=O) groups is 3. The molecule has 3 aromatic rings. The molecule has 0 saturated heterocycles. The van der Waals surface area contributed by atoms with Crippen LogP contribution in [-0.2, 0) is 16.0 Å². The summed E-state index contributed by atoms with van der Waals surface area (Å²) in [5, 5.41) is 14.5. The molecule has 1 aliphatic heterocycles. The molecule has 8 nitrogen and oxygen atoms in total. The molecule has 172 valence electrons. The van der Waals surface area contributed by atoms with Crippen molar-refractivity contribution in [2.45, 2.75) is 12.5 Å². The number of carboxylic acid groups (broad SMARTS) is 1. The summed E-state index contributed by atoms with van der Waals surface area (Å²) in [6.07, 6.45) is 3.26. The largest absolute Gasteiger partial charge is 0.478 e. The lowest BCUT2D eigenvalue weighted by Crippen LogP contribution is -2.44. The van der Waals surface area contributed by atoms with Gasteiger partial charge in [0.1, 0.15) is 6.04 Å². The molecule has 8 heteroatoms. The van der Waals surface area contributed by atoms with Crippen LogP contribution in [0.25, 0.3) is 6.08 Å². The summed E-state index contributed by atoms with van der Waals surface area (Å²) in [5.41, 5.74) is 2.17. The molecular formula is C26H22N2O6. The summed E-state index contributed by atoms with van der Waals surface area (Å²) in [6.45, 7) is 0.165. The molecule has 1 heterocycles. The van der Waals surface area contributed by atoms with Gasteiger partial charge < -0.3 is 25.2 Å². The lowest BCUT2D eigenvalue weighted by Gasteiger charge is -2.18. The van der Waals surface area contributed by atoms with Gasteiger partial charge in [-0.1, -0.05) is 36.4 Å². The predicted molar refractivity (Wildman–Crippen MR) is 126 cm³/mol. The van der Waals surface area contributed by atoms with Crippen molar-refractivity contribution < 1.29 is 29.0 Å². The van der Waals surface area contributed by atoms with E-state index in [1.54, 1.807) is 24.3 Å². The maximum atomic E-state index is 13.0. The second-order valence-electron chi connectivity index (χ2n) is 7.57. The lowest BCUT2D eigenvalue weighted by molar-refractivity contribution is -0.123. The minimum absolute atomic E-state index is 0.112. The van der Waals surface area contributed by atoms with Crippen molar-refractivity contribution in [3.05, 3.63) is 95.6 Å². The molecule has 0 aliphatic carbocycles. The Kier molecular flexibility index (Phi) is 6.88. The summed E-state index contributed by atoms with van der Waals surface area (Å²) in [4.78, 5) is 36.6. The number of fused-ring (bicyclic) bond motifs is 1. The van der Waals surface area contributed by atoms with Gasteiger partial charge in [-0.3, -0.25) is 9.59 Å². The third kappa shape index (κ3) is 5.80. The van der Waals surface area contributed by atoms with Gasteiger partial charge in [-0.05, 0) is 53.6 Å². The van der Waals surface area contributed by atoms with Crippen LogP contribution in [0.4, 0.5) is 5.69 Å². The highest BCUT2D eigenvalue weighted by Crippen LogP contribution is 2.32. The summed E-state index contributed by atoms with van der Waals surface area (Å²) in [5.74, 6) is -0.650. The third-order valence-electron chi connectivity index (χ3n) is 5.14. The molecule has 0 spiro atoms.